The van der Waals surface area contributed by atoms with Gasteiger partial charge in [0.25, 0.3) is 0 Å². The average molecular weight is 324 g/mol. The molecule has 1 aromatic rings. The van der Waals surface area contributed by atoms with E-state index in [1.54, 1.807) is 7.11 Å². The van der Waals surface area contributed by atoms with Gasteiger partial charge >= 0.3 is 0 Å². The highest BCUT2D eigenvalue weighted by Crippen LogP contribution is 2.27. The maximum atomic E-state index is 6.02. The van der Waals surface area contributed by atoms with Crippen molar-refractivity contribution in [2.75, 3.05) is 26.9 Å². The average Bonchev–Trinajstić information content (AvgIpc) is 2.36. The van der Waals surface area contributed by atoms with Gasteiger partial charge in [0.2, 0.25) is 0 Å². The summed E-state index contributed by atoms with van der Waals surface area (Å²) in [5.41, 5.74) is 0.705. The van der Waals surface area contributed by atoms with Crippen molar-refractivity contribution < 1.29 is 14.2 Å². The van der Waals surface area contributed by atoms with Crippen molar-refractivity contribution in [2.45, 2.75) is 12.7 Å². The molecule has 0 bridgehead atoms. The van der Waals surface area contributed by atoms with Gasteiger partial charge in [0, 0.05) is 7.11 Å². The van der Waals surface area contributed by atoms with E-state index in [0.717, 1.165) is 0 Å². The lowest BCUT2D eigenvalue weighted by atomic mass is 10.3. The molecule has 1 aliphatic heterocycles. The largest absolute Gasteiger partial charge is 0.378 e. The summed E-state index contributed by atoms with van der Waals surface area (Å²) in [6.07, 6.45) is -0.259. The summed E-state index contributed by atoms with van der Waals surface area (Å²) in [6.45, 7) is 1.96. The summed E-state index contributed by atoms with van der Waals surface area (Å²) in [6, 6.07) is 0. The van der Waals surface area contributed by atoms with E-state index in [1.807, 2.05) is 0 Å². The Balaban J connectivity index is 2.27. The molecule has 1 atom stereocenters. The first-order chi connectivity index (χ1) is 8.22. The van der Waals surface area contributed by atoms with E-state index in [2.05, 4.69) is 25.9 Å². The first kappa shape index (κ1) is 13.2. The molecule has 2 heterocycles. The van der Waals surface area contributed by atoms with Crippen molar-refractivity contribution >= 4 is 27.5 Å². The van der Waals surface area contributed by atoms with E-state index >= 15 is 0 Å². The summed E-state index contributed by atoms with van der Waals surface area (Å²) < 4.78 is 16.6. The second kappa shape index (κ2) is 6.06. The van der Waals surface area contributed by atoms with Crippen molar-refractivity contribution in [2.24, 2.45) is 0 Å². The fourth-order valence-corrected chi connectivity index (χ4v) is 1.98. The molecule has 7 heteroatoms. The van der Waals surface area contributed by atoms with E-state index in [9.17, 15) is 0 Å². The molecule has 94 valence electrons. The third-order valence-corrected chi connectivity index (χ3v) is 3.62. The number of halogens is 2. The zero-order valence-corrected chi connectivity index (χ0v) is 11.6. The molecular weight excluding hydrogens is 311 g/mol. The van der Waals surface area contributed by atoms with Crippen LogP contribution in [-0.4, -0.2) is 36.9 Å². The lowest BCUT2D eigenvalue weighted by molar-refractivity contribution is -0.0936. The van der Waals surface area contributed by atoms with Crippen LogP contribution in [0.3, 0.4) is 0 Å². The Morgan fingerprint density at radius 3 is 2.94 bits per heavy atom. The number of hydrogen-bond donors (Lipinski definition) is 0. The van der Waals surface area contributed by atoms with E-state index in [4.69, 9.17) is 25.8 Å². The third-order valence-electron chi connectivity index (χ3n) is 2.28. The molecule has 2 rings (SSSR count). The first-order valence-corrected chi connectivity index (χ1v) is 6.29. The monoisotopic (exact) mass is 322 g/mol. The molecule has 1 fully saturated rings. The van der Waals surface area contributed by atoms with Crippen molar-refractivity contribution in [3.8, 4) is 0 Å². The summed E-state index contributed by atoms with van der Waals surface area (Å²) in [7, 11) is 1.60. The molecule has 1 saturated heterocycles. The zero-order chi connectivity index (χ0) is 12.3. The van der Waals surface area contributed by atoms with Crippen LogP contribution in [0.2, 0.25) is 5.15 Å². The molecule has 0 saturated carbocycles. The number of hydrogen-bond acceptors (Lipinski definition) is 5. The summed E-state index contributed by atoms with van der Waals surface area (Å²) in [5, 5.41) is 0.358. The predicted molar refractivity (Wildman–Crippen MR) is 65.0 cm³/mol. The van der Waals surface area contributed by atoms with Gasteiger partial charge in [-0.2, -0.15) is 0 Å². The lowest BCUT2D eigenvalue weighted by Crippen LogP contribution is -2.24. The van der Waals surface area contributed by atoms with Gasteiger partial charge in [0.15, 0.2) is 5.82 Å². The minimum atomic E-state index is -0.259. The molecule has 0 aliphatic carbocycles. The smallest absolute Gasteiger partial charge is 0.161 e. The van der Waals surface area contributed by atoms with Gasteiger partial charge in [-0.25, -0.2) is 9.97 Å². The maximum Gasteiger partial charge on any atom is 0.161 e. The number of methoxy groups -OCH3 is 1. The Labute approximate surface area is 113 Å². The van der Waals surface area contributed by atoms with Crippen LogP contribution in [-0.2, 0) is 20.8 Å². The third kappa shape index (κ3) is 3.14. The molecule has 0 spiro atoms. The van der Waals surface area contributed by atoms with Gasteiger partial charge in [0.1, 0.15) is 11.3 Å². The first-order valence-electron chi connectivity index (χ1n) is 5.12. The van der Waals surface area contributed by atoms with Gasteiger partial charge in [-0.05, 0) is 15.9 Å². The topological polar surface area (TPSA) is 53.5 Å². The fourth-order valence-electron chi connectivity index (χ4n) is 1.49. The van der Waals surface area contributed by atoms with E-state index in [-0.39, 0.29) is 6.10 Å². The van der Waals surface area contributed by atoms with Crippen LogP contribution in [0.4, 0.5) is 0 Å². The summed E-state index contributed by atoms with van der Waals surface area (Å²) in [5.74, 6) is 0.532. The highest BCUT2D eigenvalue weighted by molar-refractivity contribution is 9.10. The van der Waals surface area contributed by atoms with Gasteiger partial charge in [-0.1, -0.05) is 11.6 Å². The van der Waals surface area contributed by atoms with Crippen LogP contribution < -0.4 is 0 Å². The zero-order valence-electron chi connectivity index (χ0n) is 9.28. The van der Waals surface area contributed by atoms with Crippen molar-refractivity contribution in [3.63, 3.8) is 0 Å². The number of nitrogens with zero attached hydrogens (tertiary/aromatic N) is 2. The van der Waals surface area contributed by atoms with Gasteiger partial charge in [-0.3, -0.25) is 0 Å². The van der Waals surface area contributed by atoms with Crippen LogP contribution in [0.5, 0.6) is 0 Å². The van der Waals surface area contributed by atoms with Gasteiger partial charge in [-0.15, -0.1) is 0 Å². The standard InChI is InChI=1S/C10H12BrClN2O3/c1-15-4-6-8(11)9(12)14-10(13-6)7-5-16-2-3-17-7/h7H,2-5H2,1H3. The summed E-state index contributed by atoms with van der Waals surface area (Å²) in [4.78, 5) is 8.56. The van der Waals surface area contributed by atoms with Crippen molar-refractivity contribution in [1.82, 2.24) is 9.97 Å². The predicted octanol–water partition coefficient (Wildman–Crippen LogP) is 2.13. The quantitative estimate of drug-likeness (QED) is 0.798. The van der Waals surface area contributed by atoms with E-state index in [0.29, 0.717) is 47.6 Å². The summed E-state index contributed by atoms with van der Waals surface area (Å²) >= 11 is 9.35. The molecule has 0 aromatic carbocycles. The number of aromatic nitrogens is 2. The second-order valence-electron chi connectivity index (χ2n) is 3.50. The fraction of sp³-hybridized carbons (Fsp3) is 0.600. The van der Waals surface area contributed by atoms with Crippen LogP contribution in [0, 0.1) is 0 Å². The molecule has 5 nitrogen and oxygen atoms in total. The Morgan fingerprint density at radius 1 is 1.47 bits per heavy atom. The van der Waals surface area contributed by atoms with Crippen LogP contribution in [0.1, 0.15) is 17.6 Å². The van der Waals surface area contributed by atoms with Crippen molar-refractivity contribution in [1.29, 1.82) is 0 Å². The Morgan fingerprint density at radius 2 is 2.29 bits per heavy atom. The molecule has 1 aliphatic rings. The molecule has 0 amide bonds. The highest BCUT2D eigenvalue weighted by Gasteiger charge is 2.22. The number of ether oxygens (including phenoxy) is 3. The minimum Gasteiger partial charge on any atom is -0.378 e. The maximum absolute atomic E-state index is 6.02. The Hall–Kier alpha value is -0.270. The highest BCUT2D eigenvalue weighted by atomic mass is 79.9. The Bertz CT molecular complexity index is 399. The molecule has 1 unspecified atom stereocenters. The van der Waals surface area contributed by atoms with Crippen LogP contribution in [0.15, 0.2) is 4.47 Å². The minimum absolute atomic E-state index is 0.259. The van der Waals surface area contributed by atoms with Gasteiger partial charge < -0.3 is 14.2 Å². The number of rotatable bonds is 3. The molecule has 1 aromatic heterocycles. The van der Waals surface area contributed by atoms with E-state index in [1.165, 1.54) is 0 Å². The Kier molecular flexibility index (Phi) is 4.69. The van der Waals surface area contributed by atoms with Crippen molar-refractivity contribution in [3.05, 3.63) is 21.1 Å². The van der Waals surface area contributed by atoms with Gasteiger partial charge in [0.05, 0.1) is 36.6 Å². The second-order valence-corrected chi connectivity index (χ2v) is 4.65. The molecular formula is C10H12BrClN2O3. The lowest BCUT2D eigenvalue weighted by Gasteiger charge is -2.22. The molecule has 0 N–H and O–H groups in total. The van der Waals surface area contributed by atoms with Crippen LogP contribution >= 0.6 is 27.5 Å². The molecule has 0 radical (unpaired) electrons. The molecule has 17 heavy (non-hydrogen) atoms. The SMILES string of the molecule is COCc1nc(C2COCCO2)nc(Cl)c1Br. The van der Waals surface area contributed by atoms with Crippen LogP contribution in [0.25, 0.3) is 0 Å². The normalized spacial score (nSPS) is 20.5. The van der Waals surface area contributed by atoms with E-state index < -0.39 is 0 Å².